The Morgan fingerprint density at radius 2 is 1.84 bits per heavy atom. The SMILES string of the molecule is COC(=O)[C@]1(C)CN=N[C@@H]1CC[C@H](C)[C@@H]1CC[C@]2(C)C3=CC[C@@H]4C(C)(C)C(=O)CC[C@]4(C)[C@H]3CC[C@@]12C. The van der Waals surface area contributed by atoms with Gasteiger partial charge in [0, 0.05) is 11.8 Å². The number of rotatable bonds is 5. The van der Waals surface area contributed by atoms with E-state index in [2.05, 4.69) is 57.8 Å². The number of methoxy groups -OCH3 is 1. The molecule has 1 heterocycles. The minimum Gasteiger partial charge on any atom is -0.468 e. The topological polar surface area (TPSA) is 68.1 Å². The zero-order valence-corrected chi connectivity index (χ0v) is 24.7. The molecule has 5 nitrogen and oxygen atoms in total. The van der Waals surface area contributed by atoms with Crippen molar-refractivity contribution in [1.29, 1.82) is 0 Å². The standard InChI is InChI=1S/C32H50N2O3/c1-20(9-12-25-30(5,19-33-34-25)27(36)37-8)21-13-17-32(7)23-10-11-24-28(2,3)26(35)15-16-29(24,4)22(23)14-18-31(21,32)6/h10,20-22,24-25H,9,11-19H2,1-8H3/t20-,21-,22-,24+,25+,29+,30+,31-,32+/m0/s1. The predicted octanol–water partition coefficient (Wildman–Crippen LogP) is 7.59. The predicted molar refractivity (Wildman–Crippen MR) is 146 cm³/mol. The lowest BCUT2D eigenvalue weighted by Crippen LogP contribution is -2.57. The molecule has 0 bridgehead atoms. The number of ketones is 1. The Bertz CT molecular complexity index is 1030. The van der Waals surface area contributed by atoms with E-state index < -0.39 is 5.41 Å². The third-order valence-corrected chi connectivity index (χ3v) is 13.2. The second-order valence-electron chi connectivity index (χ2n) is 15.0. The normalized spacial score (nSPS) is 47.0. The lowest BCUT2D eigenvalue weighted by Gasteiger charge is -2.63. The summed E-state index contributed by atoms with van der Waals surface area (Å²) < 4.78 is 5.10. The van der Waals surface area contributed by atoms with E-state index in [1.807, 2.05) is 6.92 Å². The van der Waals surface area contributed by atoms with Gasteiger partial charge >= 0.3 is 5.97 Å². The van der Waals surface area contributed by atoms with Crippen LogP contribution in [0.5, 0.6) is 0 Å². The van der Waals surface area contributed by atoms with Crippen LogP contribution in [0.15, 0.2) is 21.9 Å². The Labute approximate surface area is 224 Å². The van der Waals surface area contributed by atoms with Crippen molar-refractivity contribution in [2.75, 3.05) is 13.7 Å². The lowest BCUT2D eigenvalue weighted by atomic mass is 9.41. The average molecular weight is 511 g/mol. The summed E-state index contributed by atoms with van der Waals surface area (Å²) in [5, 5.41) is 8.72. The van der Waals surface area contributed by atoms with Crippen LogP contribution >= 0.6 is 0 Å². The van der Waals surface area contributed by atoms with Gasteiger partial charge in [0.15, 0.2) is 0 Å². The minimum atomic E-state index is -0.616. The second-order valence-corrected chi connectivity index (χ2v) is 15.0. The maximum absolute atomic E-state index is 12.9. The summed E-state index contributed by atoms with van der Waals surface area (Å²) in [6, 6.07) is -0.0750. The number of allylic oxidation sites excluding steroid dienone is 2. The van der Waals surface area contributed by atoms with Crippen molar-refractivity contribution in [3.8, 4) is 0 Å². The Morgan fingerprint density at radius 3 is 2.54 bits per heavy atom. The van der Waals surface area contributed by atoms with Crippen LogP contribution in [0.4, 0.5) is 0 Å². The molecule has 0 radical (unpaired) electrons. The van der Waals surface area contributed by atoms with Gasteiger partial charge in [-0.05, 0) is 98.2 Å². The second kappa shape index (κ2) is 8.74. The molecule has 0 spiro atoms. The highest BCUT2D eigenvalue weighted by atomic mass is 16.5. The Morgan fingerprint density at radius 1 is 1.11 bits per heavy atom. The fourth-order valence-electron chi connectivity index (χ4n) is 10.4. The van der Waals surface area contributed by atoms with Crippen LogP contribution in [0.2, 0.25) is 0 Å². The quantitative estimate of drug-likeness (QED) is 0.283. The summed E-state index contributed by atoms with van der Waals surface area (Å²) in [5.74, 6) is 2.63. The summed E-state index contributed by atoms with van der Waals surface area (Å²) in [5.41, 5.74) is 1.68. The average Bonchev–Trinajstić information content (AvgIpc) is 3.37. The molecular weight excluding hydrogens is 460 g/mol. The first-order chi connectivity index (χ1) is 17.3. The van der Waals surface area contributed by atoms with E-state index >= 15 is 0 Å². The number of nitrogens with zero attached hydrogens (tertiary/aromatic N) is 2. The van der Waals surface area contributed by atoms with E-state index in [4.69, 9.17) is 4.74 Å². The fourth-order valence-corrected chi connectivity index (χ4v) is 10.4. The number of hydrogen-bond acceptors (Lipinski definition) is 5. The highest BCUT2D eigenvalue weighted by molar-refractivity contribution is 5.85. The summed E-state index contributed by atoms with van der Waals surface area (Å²) in [6.45, 7) is 17.0. The summed E-state index contributed by atoms with van der Waals surface area (Å²) in [7, 11) is 1.47. The van der Waals surface area contributed by atoms with Crippen molar-refractivity contribution < 1.29 is 14.3 Å². The molecule has 9 atom stereocenters. The number of fused-ring (bicyclic) bond motifs is 5. The maximum atomic E-state index is 12.9. The molecule has 0 unspecified atom stereocenters. The molecular formula is C32H50N2O3. The molecule has 0 aromatic heterocycles. The van der Waals surface area contributed by atoms with E-state index in [1.54, 1.807) is 5.57 Å². The van der Waals surface area contributed by atoms with Crippen molar-refractivity contribution in [3.63, 3.8) is 0 Å². The van der Waals surface area contributed by atoms with Gasteiger partial charge in [-0.15, -0.1) is 0 Å². The maximum Gasteiger partial charge on any atom is 0.315 e. The number of esters is 1. The van der Waals surface area contributed by atoms with Gasteiger partial charge in [0.25, 0.3) is 0 Å². The van der Waals surface area contributed by atoms with Gasteiger partial charge in [0.2, 0.25) is 0 Å². The summed E-state index contributed by atoms with van der Waals surface area (Å²) >= 11 is 0. The van der Waals surface area contributed by atoms with E-state index in [1.165, 1.54) is 32.8 Å². The largest absolute Gasteiger partial charge is 0.468 e. The molecule has 37 heavy (non-hydrogen) atoms. The number of carbonyl (C=O) groups is 2. The zero-order valence-electron chi connectivity index (χ0n) is 24.7. The molecule has 0 aromatic rings. The van der Waals surface area contributed by atoms with Gasteiger partial charge in [0.1, 0.15) is 11.2 Å². The van der Waals surface area contributed by atoms with Crippen LogP contribution in [0.25, 0.3) is 0 Å². The first kappa shape index (κ1) is 27.1. The molecule has 0 amide bonds. The van der Waals surface area contributed by atoms with Crippen molar-refractivity contribution in [3.05, 3.63) is 11.6 Å². The molecule has 3 fully saturated rings. The molecule has 0 saturated heterocycles. The first-order valence-corrected chi connectivity index (χ1v) is 14.9. The summed E-state index contributed by atoms with van der Waals surface area (Å²) in [4.78, 5) is 25.4. The monoisotopic (exact) mass is 510 g/mol. The van der Waals surface area contributed by atoms with Crippen LogP contribution in [0.3, 0.4) is 0 Å². The van der Waals surface area contributed by atoms with E-state index in [-0.39, 0.29) is 28.3 Å². The Hall–Kier alpha value is -1.52. The molecule has 3 saturated carbocycles. The number of azo groups is 1. The van der Waals surface area contributed by atoms with Gasteiger partial charge in [0.05, 0.1) is 19.7 Å². The molecule has 206 valence electrons. The number of hydrogen-bond donors (Lipinski definition) is 0. The molecule has 5 rings (SSSR count). The fraction of sp³-hybridized carbons (Fsp3) is 0.875. The van der Waals surface area contributed by atoms with Crippen LogP contribution in [0.1, 0.15) is 106 Å². The molecule has 0 N–H and O–H groups in total. The Balaban J connectivity index is 1.35. The van der Waals surface area contributed by atoms with Crippen molar-refractivity contribution in [2.45, 2.75) is 112 Å². The first-order valence-electron chi connectivity index (χ1n) is 14.9. The van der Waals surface area contributed by atoms with Crippen molar-refractivity contribution in [1.82, 2.24) is 0 Å². The van der Waals surface area contributed by atoms with Gasteiger partial charge in [-0.25, -0.2) is 0 Å². The van der Waals surface area contributed by atoms with Gasteiger partial charge in [-0.2, -0.15) is 10.2 Å². The van der Waals surface area contributed by atoms with Crippen molar-refractivity contribution >= 4 is 11.8 Å². The molecule has 1 aliphatic heterocycles. The van der Waals surface area contributed by atoms with Crippen LogP contribution < -0.4 is 0 Å². The number of carbonyl (C=O) groups excluding carboxylic acids is 2. The molecule has 5 heteroatoms. The highest BCUT2D eigenvalue weighted by Gasteiger charge is 2.65. The van der Waals surface area contributed by atoms with Gasteiger partial charge in [-0.3, -0.25) is 9.59 Å². The highest BCUT2D eigenvalue weighted by Crippen LogP contribution is 2.73. The third-order valence-electron chi connectivity index (χ3n) is 13.2. The van der Waals surface area contributed by atoms with Crippen LogP contribution in [0, 0.1) is 50.7 Å². The van der Waals surface area contributed by atoms with Gasteiger partial charge in [-0.1, -0.05) is 53.2 Å². The number of ether oxygens (including phenoxy) is 1. The molecule has 0 aromatic carbocycles. The van der Waals surface area contributed by atoms with Crippen LogP contribution in [-0.4, -0.2) is 31.4 Å². The van der Waals surface area contributed by atoms with Crippen LogP contribution in [-0.2, 0) is 14.3 Å². The van der Waals surface area contributed by atoms with E-state index in [0.29, 0.717) is 41.4 Å². The zero-order chi connectivity index (χ0) is 27.0. The third kappa shape index (κ3) is 3.60. The molecule has 5 aliphatic rings. The van der Waals surface area contributed by atoms with Gasteiger partial charge < -0.3 is 4.74 Å². The van der Waals surface area contributed by atoms with E-state index in [0.717, 1.165) is 32.1 Å². The van der Waals surface area contributed by atoms with Crippen molar-refractivity contribution in [2.24, 2.45) is 61.0 Å². The summed E-state index contributed by atoms with van der Waals surface area (Å²) in [6.07, 6.45) is 12.5. The lowest BCUT2D eigenvalue weighted by molar-refractivity contribution is -0.151. The number of Topliss-reactive ketones (excluding diaryl/α,β-unsaturated/α-hetero) is 1. The smallest absolute Gasteiger partial charge is 0.315 e. The Kier molecular flexibility index (Phi) is 6.40. The minimum absolute atomic E-state index is 0.0750. The molecule has 4 aliphatic carbocycles. The van der Waals surface area contributed by atoms with E-state index in [9.17, 15) is 9.59 Å².